The fourth-order valence-corrected chi connectivity index (χ4v) is 6.73. The highest BCUT2D eigenvalue weighted by Crippen LogP contribution is 2.66. The van der Waals surface area contributed by atoms with E-state index in [0.717, 1.165) is 11.8 Å². The number of hydrogen-bond donors (Lipinski definition) is 0. The molecule has 0 spiro atoms. The van der Waals surface area contributed by atoms with Gasteiger partial charge in [0.25, 0.3) is 0 Å². The van der Waals surface area contributed by atoms with Gasteiger partial charge >= 0.3 is 0 Å². The molecule has 0 bridgehead atoms. The lowest BCUT2D eigenvalue weighted by molar-refractivity contribution is -0.0257. The molecule has 3 aliphatic carbocycles. The van der Waals surface area contributed by atoms with Crippen molar-refractivity contribution in [2.24, 2.45) is 28.1 Å². The van der Waals surface area contributed by atoms with Crippen molar-refractivity contribution in [3.05, 3.63) is 23.3 Å². The highest BCUT2D eigenvalue weighted by molar-refractivity contribution is 5.32. The monoisotopic (exact) mass is 314 g/mol. The van der Waals surface area contributed by atoms with Gasteiger partial charge in [-0.2, -0.15) is 0 Å². The van der Waals surface area contributed by atoms with Gasteiger partial charge < -0.3 is 0 Å². The van der Waals surface area contributed by atoms with Gasteiger partial charge in [0.05, 0.1) is 0 Å². The van der Waals surface area contributed by atoms with Crippen LogP contribution in [0, 0.1) is 28.1 Å². The average molecular weight is 315 g/mol. The fraction of sp³-hybridized carbons (Fsp3) is 0.826. The first kappa shape index (κ1) is 17.3. The van der Waals surface area contributed by atoms with Gasteiger partial charge in [-0.1, -0.05) is 70.3 Å². The molecule has 0 aromatic rings. The van der Waals surface area contributed by atoms with Crippen molar-refractivity contribution in [3.63, 3.8) is 0 Å². The van der Waals surface area contributed by atoms with Crippen molar-refractivity contribution >= 4 is 0 Å². The Balaban J connectivity index is 2.05. The van der Waals surface area contributed by atoms with E-state index in [0.29, 0.717) is 16.2 Å². The number of fused-ring (bicyclic) bond motifs is 3. The summed E-state index contributed by atoms with van der Waals surface area (Å²) in [6.45, 7) is 14.8. The maximum absolute atomic E-state index is 2.71. The maximum atomic E-state index is 2.71. The van der Waals surface area contributed by atoms with Gasteiger partial charge in [-0.3, -0.25) is 0 Å². The Morgan fingerprint density at radius 3 is 2.52 bits per heavy atom. The Labute approximate surface area is 144 Å². The first-order chi connectivity index (χ1) is 10.8. The molecule has 130 valence electrons. The second-order valence-electron chi connectivity index (χ2n) is 9.51. The van der Waals surface area contributed by atoms with E-state index in [9.17, 15) is 0 Å². The van der Waals surface area contributed by atoms with Crippen LogP contribution in [0.4, 0.5) is 0 Å². The summed E-state index contributed by atoms with van der Waals surface area (Å²) in [6, 6.07) is 0. The third-order valence-corrected chi connectivity index (χ3v) is 8.85. The second kappa shape index (κ2) is 5.78. The molecule has 3 aliphatic rings. The van der Waals surface area contributed by atoms with Crippen LogP contribution < -0.4 is 0 Å². The zero-order chi connectivity index (χ0) is 16.9. The third kappa shape index (κ3) is 2.30. The van der Waals surface area contributed by atoms with Gasteiger partial charge in [0, 0.05) is 0 Å². The van der Waals surface area contributed by atoms with Crippen molar-refractivity contribution in [1.82, 2.24) is 0 Å². The first-order valence-electron chi connectivity index (χ1n) is 10.2. The minimum Gasteiger partial charge on any atom is -0.0882 e. The summed E-state index contributed by atoms with van der Waals surface area (Å²) in [5.41, 5.74) is 4.92. The molecule has 0 amide bonds. The van der Waals surface area contributed by atoms with Crippen LogP contribution in [0.1, 0.15) is 92.9 Å². The molecule has 5 unspecified atom stereocenters. The Morgan fingerprint density at radius 2 is 1.87 bits per heavy atom. The highest BCUT2D eigenvalue weighted by atomic mass is 14.6. The molecule has 5 atom stereocenters. The predicted molar refractivity (Wildman–Crippen MR) is 101 cm³/mol. The van der Waals surface area contributed by atoms with Crippen LogP contribution in [0.5, 0.6) is 0 Å². The molecule has 0 aromatic heterocycles. The molecular formula is C23H38. The van der Waals surface area contributed by atoms with Gasteiger partial charge in [0.1, 0.15) is 0 Å². The summed E-state index contributed by atoms with van der Waals surface area (Å²) in [6.07, 6.45) is 16.3. The zero-order valence-corrected chi connectivity index (χ0v) is 16.5. The standard InChI is InChI=1S/C23H38/c1-7-17(3)22(5)16-12-20-18(19(22)8-2)11-15-21(4)13-9-10-14-23(20,21)6/h7,12,18-19H,8-11,13-16H2,1-6H3/b17-7-. The van der Waals surface area contributed by atoms with Gasteiger partial charge in [0.2, 0.25) is 0 Å². The molecule has 0 aromatic carbocycles. The average Bonchev–Trinajstić information content (AvgIpc) is 2.54. The van der Waals surface area contributed by atoms with Gasteiger partial charge in [0.15, 0.2) is 0 Å². The van der Waals surface area contributed by atoms with E-state index >= 15 is 0 Å². The molecule has 0 nitrogen and oxygen atoms in total. The van der Waals surface area contributed by atoms with Crippen LogP contribution in [-0.2, 0) is 0 Å². The molecule has 0 heterocycles. The van der Waals surface area contributed by atoms with Crippen molar-refractivity contribution in [1.29, 1.82) is 0 Å². The Hall–Kier alpha value is -0.520. The molecule has 0 heteroatoms. The number of hydrogen-bond acceptors (Lipinski definition) is 0. The lowest BCUT2D eigenvalue weighted by atomic mass is 9.43. The van der Waals surface area contributed by atoms with Crippen molar-refractivity contribution in [3.8, 4) is 0 Å². The smallest absolute Gasteiger partial charge is 0.00509 e. The highest BCUT2D eigenvalue weighted by Gasteiger charge is 2.56. The van der Waals surface area contributed by atoms with E-state index in [1.807, 2.05) is 5.57 Å². The summed E-state index contributed by atoms with van der Waals surface area (Å²) in [4.78, 5) is 0. The predicted octanol–water partition coefficient (Wildman–Crippen LogP) is 7.31. The van der Waals surface area contributed by atoms with Crippen molar-refractivity contribution < 1.29 is 0 Å². The van der Waals surface area contributed by atoms with E-state index in [4.69, 9.17) is 0 Å². The summed E-state index contributed by atoms with van der Waals surface area (Å²) in [5, 5.41) is 0. The van der Waals surface area contributed by atoms with Crippen molar-refractivity contribution in [2.45, 2.75) is 92.9 Å². The maximum Gasteiger partial charge on any atom is -0.00509 e. The number of allylic oxidation sites excluding steroid dienone is 4. The minimum absolute atomic E-state index is 0.385. The quantitative estimate of drug-likeness (QED) is 0.469. The Bertz CT molecular complexity index is 524. The van der Waals surface area contributed by atoms with Gasteiger partial charge in [-0.05, 0) is 74.0 Å². The molecule has 0 saturated heterocycles. The summed E-state index contributed by atoms with van der Waals surface area (Å²) in [5.74, 6) is 1.67. The lowest BCUT2D eigenvalue weighted by Gasteiger charge is -2.61. The molecule has 0 radical (unpaired) electrons. The Morgan fingerprint density at radius 1 is 1.17 bits per heavy atom. The normalized spacial score (nSPS) is 47.6. The third-order valence-electron chi connectivity index (χ3n) is 8.85. The van der Waals surface area contributed by atoms with E-state index in [2.05, 4.69) is 53.7 Å². The van der Waals surface area contributed by atoms with Gasteiger partial charge in [-0.25, -0.2) is 0 Å². The van der Waals surface area contributed by atoms with Crippen LogP contribution in [-0.4, -0.2) is 0 Å². The largest absolute Gasteiger partial charge is 0.0882 e. The summed E-state index contributed by atoms with van der Waals surface area (Å²) in [7, 11) is 0. The summed E-state index contributed by atoms with van der Waals surface area (Å²) < 4.78 is 0. The van der Waals surface area contributed by atoms with Crippen LogP contribution >= 0.6 is 0 Å². The van der Waals surface area contributed by atoms with E-state index in [1.54, 1.807) is 5.57 Å². The van der Waals surface area contributed by atoms with E-state index in [-0.39, 0.29) is 0 Å². The van der Waals surface area contributed by atoms with Crippen LogP contribution in [0.15, 0.2) is 23.3 Å². The molecule has 2 saturated carbocycles. The Kier molecular flexibility index (Phi) is 4.35. The zero-order valence-electron chi connectivity index (χ0n) is 16.5. The molecule has 0 N–H and O–H groups in total. The summed E-state index contributed by atoms with van der Waals surface area (Å²) >= 11 is 0. The van der Waals surface area contributed by atoms with Crippen LogP contribution in [0.2, 0.25) is 0 Å². The van der Waals surface area contributed by atoms with E-state index < -0.39 is 0 Å². The molecule has 0 aliphatic heterocycles. The van der Waals surface area contributed by atoms with Crippen LogP contribution in [0.25, 0.3) is 0 Å². The van der Waals surface area contributed by atoms with Gasteiger partial charge in [-0.15, -0.1) is 0 Å². The van der Waals surface area contributed by atoms with Crippen molar-refractivity contribution in [2.75, 3.05) is 0 Å². The lowest BCUT2D eigenvalue weighted by Crippen LogP contribution is -2.51. The number of rotatable bonds is 2. The molecule has 23 heavy (non-hydrogen) atoms. The van der Waals surface area contributed by atoms with Crippen LogP contribution in [0.3, 0.4) is 0 Å². The minimum atomic E-state index is 0.385. The molecule has 3 rings (SSSR count). The van der Waals surface area contributed by atoms with E-state index in [1.165, 1.54) is 51.4 Å². The fourth-order valence-electron chi connectivity index (χ4n) is 6.73. The molecular weight excluding hydrogens is 276 g/mol. The SMILES string of the molecule is C/C=C(/C)C1(C)CC=C2C(CCC3(C)CCCCC23C)C1CC. The topological polar surface area (TPSA) is 0 Å². The first-order valence-corrected chi connectivity index (χ1v) is 10.2. The second-order valence-corrected chi connectivity index (χ2v) is 9.51. The molecule has 2 fully saturated rings.